The number of fused-ring (bicyclic) bond motifs is 1. The molecule has 0 aliphatic heterocycles. The molecule has 3 heteroatoms. The van der Waals surface area contributed by atoms with Gasteiger partial charge in [0.05, 0.1) is 0 Å². The minimum Gasteiger partial charge on any atom is -0.345 e. The smallest absolute Gasteiger partial charge is 0.139 e. The van der Waals surface area contributed by atoms with Gasteiger partial charge in [-0.1, -0.05) is 0 Å². The van der Waals surface area contributed by atoms with Gasteiger partial charge in [-0.25, -0.2) is 4.98 Å². The van der Waals surface area contributed by atoms with Gasteiger partial charge in [0.15, 0.2) is 0 Å². The molecule has 0 spiro atoms. The predicted octanol–water partition coefficient (Wildman–Crippen LogP) is 2.13. The second kappa shape index (κ2) is 2.09. The Morgan fingerprint density at radius 2 is 2.40 bits per heavy atom. The van der Waals surface area contributed by atoms with Crippen molar-refractivity contribution in [3.8, 4) is 0 Å². The third-order valence-electron chi connectivity index (χ3n) is 1.30. The van der Waals surface area contributed by atoms with E-state index in [0.717, 1.165) is 15.6 Å². The van der Waals surface area contributed by atoms with E-state index in [1.165, 1.54) is 0 Å². The van der Waals surface area contributed by atoms with Crippen LogP contribution in [0.3, 0.4) is 0 Å². The maximum Gasteiger partial charge on any atom is 0.139 e. The molecule has 2 rings (SSSR count). The molecule has 0 saturated carbocycles. The van der Waals surface area contributed by atoms with Crippen molar-refractivity contribution >= 4 is 27.0 Å². The van der Waals surface area contributed by atoms with Crippen LogP contribution in [-0.2, 0) is 0 Å². The van der Waals surface area contributed by atoms with E-state index >= 15 is 0 Å². The van der Waals surface area contributed by atoms with Gasteiger partial charge in [0.25, 0.3) is 0 Å². The lowest BCUT2D eigenvalue weighted by Crippen LogP contribution is -1.75. The molecule has 2 aromatic heterocycles. The van der Waals surface area contributed by atoms with Crippen LogP contribution in [0.25, 0.3) is 11.0 Å². The number of pyridine rings is 1. The molecular weight excluding hydrogens is 192 g/mol. The molecule has 1 N–H and O–H groups in total. The first-order valence-corrected chi connectivity index (χ1v) is 3.67. The third-order valence-corrected chi connectivity index (χ3v) is 1.74. The van der Waals surface area contributed by atoms with Gasteiger partial charge in [-0.05, 0) is 28.1 Å². The Bertz CT molecular complexity index is 353. The number of hydrogen-bond acceptors (Lipinski definition) is 1. The number of H-pyrrole nitrogens is 1. The van der Waals surface area contributed by atoms with Crippen molar-refractivity contribution in [1.29, 1.82) is 0 Å². The maximum atomic E-state index is 4.17. The fourth-order valence-corrected chi connectivity index (χ4v) is 1.15. The summed E-state index contributed by atoms with van der Waals surface area (Å²) < 4.78 is 0.843. The molecule has 49 valence electrons. The van der Waals surface area contributed by atoms with Gasteiger partial charge in [0, 0.05) is 17.6 Å². The largest absolute Gasteiger partial charge is 0.345 e. The summed E-state index contributed by atoms with van der Waals surface area (Å²) in [7, 11) is 0. The topological polar surface area (TPSA) is 28.7 Å². The molecule has 0 amide bonds. The molecule has 0 aromatic carbocycles. The first kappa shape index (κ1) is 5.92. The predicted molar refractivity (Wildman–Crippen MR) is 42.6 cm³/mol. The van der Waals surface area contributed by atoms with Crippen LogP contribution in [0.5, 0.6) is 0 Å². The Balaban J connectivity index is 2.86. The quantitative estimate of drug-likeness (QED) is 0.642. The second-order valence-electron chi connectivity index (χ2n) is 1.96. The summed E-state index contributed by atoms with van der Waals surface area (Å²) in [5, 5.41) is 1.02. The molecule has 2 aromatic rings. The van der Waals surface area contributed by atoms with Gasteiger partial charge in [0.2, 0.25) is 0 Å². The lowest BCUT2D eigenvalue weighted by Gasteiger charge is -1.87. The van der Waals surface area contributed by atoms with E-state index in [9.17, 15) is 0 Å². The minimum atomic E-state index is 0.843. The van der Waals surface area contributed by atoms with Crippen molar-refractivity contribution in [2.24, 2.45) is 0 Å². The Kier molecular flexibility index (Phi) is 1.24. The van der Waals surface area contributed by atoms with Crippen LogP contribution in [0.4, 0.5) is 0 Å². The lowest BCUT2D eigenvalue weighted by molar-refractivity contribution is 1.29. The van der Waals surface area contributed by atoms with Crippen molar-refractivity contribution < 1.29 is 0 Å². The summed E-state index contributed by atoms with van der Waals surface area (Å²) in [5.74, 6) is 0. The molecule has 2 nitrogen and oxygen atoms in total. The zero-order chi connectivity index (χ0) is 6.97. The summed E-state index contributed by atoms with van der Waals surface area (Å²) in [4.78, 5) is 7.13. The average molecular weight is 196 g/mol. The number of rotatable bonds is 0. The van der Waals surface area contributed by atoms with E-state index in [4.69, 9.17) is 0 Å². The maximum absolute atomic E-state index is 4.17. The number of aromatic nitrogens is 2. The van der Waals surface area contributed by atoms with Gasteiger partial charge < -0.3 is 4.98 Å². The molecule has 0 bridgehead atoms. The van der Waals surface area contributed by atoms with Crippen molar-refractivity contribution in [2.45, 2.75) is 0 Å². The first-order valence-electron chi connectivity index (χ1n) is 2.87. The fourth-order valence-electron chi connectivity index (χ4n) is 0.844. The average Bonchev–Trinajstić information content (AvgIpc) is 2.33. The van der Waals surface area contributed by atoms with Gasteiger partial charge in [-0.3, -0.25) is 0 Å². The highest BCUT2D eigenvalue weighted by Gasteiger charge is 1.94. The number of aromatic amines is 1. The Labute approximate surface area is 66.4 Å². The number of halogens is 1. The van der Waals surface area contributed by atoms with E-state index in [0.29, 0.717) is 0 Å². The molecule has 1 radical (unpaired) electrons. The van der Waals surface area contributed by atoms with E-state index in [-0.39, 0.29) is 0 Å². The summed E-state index contributed by atoms with van der Waals surface area (Å²) in [6.07, 6.45) is 1.75. The molecule has 0 saturated heterocycles. The molecule has 0 aliphatic carbocycles. The van der Waals surface area contributed by atoms with Crippen molar-refractivity contribution in [3.05, 3.63) is 29.0 Å². The zero-order valence-electron chi connectivity index (χ0n) is 5.06. The molecule has 0 fully saturated rings. The van der Waals surface area contributed by atoms with Gasteiger partial charge in [0.1, 0.15) is 10.3 Å². The van der Waals surface area contributed by atoms with Crippen LogP contribution in [0.1, 0.15) is 0 Å². The summed E-state index contributed by atoms with van der Waals surface area (Å²) in [5.41, 5.74) is 0.870. The standard InChI is InChI=1S/C7H4BrN2/c8-6-2-1-5-3-4-9-7(5)10-6/h1-2,4H,(H,9,10). The van der Waals surface area contributed by atoms with Crippen LogP contribution < -0.4 is 0 Å². The van der Waals surface area contributed by atoms with E-state index < -0.39 is 0 Å². The summed E-state index contributed by atoms with van der Waals surface area (Å²) in [6.45, 7) is 0. The molecule has 10 heavy (non-hydrogen) atoms. The van der Waals surface area contributed by atoms with Crippen LogP contribution in [-0.4, -0.2) is 9.97 Å². The highest BCUT2D eigenvalue weighted by atomic mass is 79.9. The van der Waals surface area contributed by atoms with E-state index in [2.05, 4.69) is 32.0 Å². The zero-order valence-corrected chi connectivity index (χ0v) is 6.64. The molecule has 0 aliphatic rings. The van der Waals surface area contributed by atoms with E-state index in [1.807, 2.05) is 12.1 Å². The number of nitrogens with one attached hydrogen (secondary N) is 1. The van der Waals surface area contributed by atoms with E-state index in [1.54, 1.807) is 6.20 Å². The van der Waals surface area contributed by atoms with Gasteiger partial charge in [-0.2, -0.15) is 0 Å². The fraction of sp³-hybridized carbons (Fsp3) is 0. The SMILES string of the molecule is Brc1ccc2[c]c[nH]c2n1. The normalized spacial score (nSPS) is 10.5. The van der Waals surface area contributed by atoms with Gasteiger partial charge >= 0.3 is 0 Å². The highest BCUT2D eigenvalue weighted by Crippen LogP contribution is 2.12. The van der Waals surface area contributed by atoms with Crippen molar-refractivity contribution in [3.63, 3.8) is 0 Å². The highest BCUT2D eigenvalue weighted by molar-refractivity contribution is 9.10. The van der Waals surface area contributed by atoms with Crippen LogP contribution in [0.2, 0.25) is 0 Å². The van der Waals surface area contributed by atoms with Gasteiger partial charge in [-0.15, -0.1) is 0 Å². The Morgan fingerprint density at radius 3 is 3.30 bits per heavy atom. The monoisotopic (exact) mass is 195 g/mol. The minimum absolute atomic E-state index is 0.843. The summed E-state index contributed by atoms with van der Waals surface area (Å²) >= 11 is 3.27. The third kappa shape index (κ3) is 0.827. The molecular formula is C7H4BrN2. The van der Waals surface area contributed by atoms with Crippen LogP contribution in [0, 0.1) is 6.07 Å². The first-order chi connectivity index (χ1) is 4.86. The molecule has 2 heterocycles. The lowest BCUT2D eigenvalue weighted by atomic mass is 10.3. The molecule has 0 unspecified atom stereocenters. The Morgan fingerprint density at radius 1 is 1.50 bits per heavy atom. The van der Waals surface area contributed by atoms with Crippen LogP contribution >= 0.6 is 15.9 Å². The Hall–Kier alpha value is -0.830. The van der Waals surface area contributed by atoms with Crippen molar-refractivity contribution in [2.75, 3.05) is 0 Å². The molecule has 0 atom stereocenters. The van der Waals surface area contributed by atoms with Crippen LogP contribution in [0.15, 0.2) is 22.9 Å². The summed E-state index contributed by atoms with van der Waals surface area (Å²) in [6, 6.07) is 6.86. The number of nitrogens with zero attached hydrogens (tertiary/aromatic N) is 1. The second-order valence-corrected chi connectivity index (χ2v) is 2.78. The number of hydrogen-bond donors (Lipinski definition) is 1. The van der Waals surface area contributed by atoms with Crippen molar-refractivity contribution in [1.82, 2.24) is 9.97 Å².